The number of aromatic nitrogens is 2. The maximum Gasteiger partial charge on any atom is 0.337 e. The third-order valence-corrected chi connectivity index (χ3v) is 2.76. The number of hydrogen-bond donors (Lipinski definition) is 3. The molecule has 0 saturated carbocycles. The first kappa shape index (κ1) is 12.8. The molecule has 2 aromatic heterocycles. The van der Waals surface area contributed by atoms with Crippen LogP contribution in [-0.2, 0) is 6.54 Å². The minimum atomic E-state index is -1.07. The molecule has 2 rings (SSSR count). The van der Waals surface area contributed by atoms with Gasteiger partial charge in [0.1, 0.15) is 5.82 Å². The maximum absolute atomic E-state index is 11.0. The third kappa shape index (κ3) is 2.98. The van der Waals surface area contributed by atoms with Gasteiger partial charge in [-0.25, -0.2) is 9.78 Å². The molecular weight excluding hydrogens is 244 g/mol. The molecule has 98 valence electrons. The van der Waals surface area contributed by atoms with Gasteiger partial charge in [-0.3, -0.25) is 4.98 Å². The zero-order chi connectivity index (χ0) is 13.8. The number of aromatic carboxylic acids is 1. The number of carbonyl (C=O) groups is 1. The minimum absolute atomic E-state index is 0.0453. The number of nitrogens with two attached hydrogens (primary N) is 1. The van der Waals surface area contributed by atoms with Crippen molar-refractivity contribution in [2.75, 3.05) is 11.1 Å². The molecule has 0 radical (unpaired) electrons. The Hall–Kier alpha value is -2.63. The van der Waals surface area contributed by atoms with Crippen LogP contribution in [0.2, 0.25) is 0 Å². The van der Waals surface area contributed by atoms with Crippen LogP contribution in [0.5, 0.6) is 0 Å². The summed E-state index contributed by atoms with van der Waals surface area (Å²) in [5.41, 5.74) is 7.87. The van der Waals surface area contributed by atoms with Gasteiger partial charge in [-0.2, -0.15) is 0 Å². The van der Waals surface area contributed by atoms with E-state index in [9.17, 15) is 4.79 Å². The van der Waals surface area contributed by atoms with Crippen LogP contribution in [0.25, 0.3) is 0 Å². The van der Waals surface area contributed by atoms with Crippen LogP contribution in [0, 0.1) is 6.92 Å². The summed E-state index contributed by atoms with van der Waals surface area (Å²) in [5, 5.41) is 12.0. The quantitative estimate of drug-likeness (QED) is 0.771. The molecule has 0 aliphatic carbocycles. The highest BCUT2D eigenvalue weighted by Gasteiger charge is 2.09. The van der Waals surface area contributed by atoms with Crippen LogP contribution < -0.4 is 11.1 Å². The molecular formula is C13H14N4O2. The molecule has 0 aliphatic rings. The highest BCUT2D eigenvalue weighted by molar-refractivity contribution is 5.94. The Bertz CT molecular complexity index is 613. The number of nitrogens with zero attached hydrogens (tertiary/aromatic N) is 2. The second kappa shape index (κ2) is 5.34. The Labute approximate surface area is 110 Å². The van der Waals surface area contributed by atoms with Crippen molar-refractivity contribution in [1.29, 1.82) is 0 Å². The summed E-state index contributed by atoms with van der Waals surface area (Å²) >= 11 is 0. The highest BCUT2D eigenvalue weighted by atomic mass is 16.4. The number of carboxylic acid groups (broad SMARTS) is 1. The number of nitrogen functional groups attached to an aromatic ring is 1. The second-order valence-corrected chi connectivity index (χ2v) is 4.12. The summed E-state index contributed by atoms with van der Waals surface area (Å²) in [6.45, 7) is 2.51. The normalized spacial score (nSPS) is 10.2. The van der Waals surface area contributed by atoms with Gasteiger partial charge in [0.15, 0.2) is 0 Å². The van der Waals surface area contributed by atoms with Gasteiger partial charge in [0.05, 0.1) is 17.4 Å². The number of carboxylic acids is 1. The molecule has 0 aromatic carbocycles. The number of rotatable bonds is 4. The molecule has 6 heteroatoms. The number of pyridine rings is 2. The molecule has 0 amide bonds. The Morgan fingerprint density at radius 1 is 1.47 bits per heavy atom. The Balaban J connectivity index is 2.14. The van der Waals surface area contributed by atoms with E-state index in [-0.39, 0.29) is 11.3 Å². The van der Waals surface area contributed by atoms with Crippen molar-refractivity contribution in [2.24, 2.45) is 0 Å². The fraction of sp³-hybridized carbons (Fsp3) is 0.154. The largest absolute Gasteiger partial charge is 0.478 e. The van der Waals surface area contributed by atoms with Gasteiger partial charge in [-0.05, 0) is 30.2 Å². The maximum atomic E-state index is 11.0. The van der Waals surface area contributed by atoms with E-state index < -0.39 is 5.97 Å². The lowest BCUT2D eigenvalue weighted by Gasteiger charge is -2.09. The van der Waals surface area contributed by atoms with Crippen LogP contribution in [-0.4, -0.2) is 21.0 Å². The molecule has 4 N–H and O–H groups in total. The second-order valence-electron chi connectivity index (χ2n) is 4.12. The van der Waals surface area contributed by atoms with Crippen LogP contribution in [0.1, 0.15) is 21.5 Å². The van der Waals surface area contributed by atoms with E-state index in [0.29, 0.717) is 12.4 Å². The average molecular weight is 258 g/mol. The fourth-order valence-electron chi connectivity index (χ4n) is 1.63. The van der Waals surface area contributed by atoms with E-state index in [1.165, 1.54) is 12.3 Å². The topological polar surface area (TPSA) is 101 Å². The van der Waals surface area contributed by atoms with E-state index in [0.717, 1.165) is 11.1 Å². The van der Waals surface area contributed by atoms with E-state index in [1.807, 2.05) is 13.0 Å². The molecule has 2 heterocycles. The van der Waals surface area contributed by atoms with Gasteiger partial charge in [-0.15, -0.1) is 0 Å². The Kier molecular flexibility index (Phi) is 3.61. The van der Waals surface area contributed by atoms with Gasteiger partial charge in [-0.1, -0.05) is 0 Å². The van der Waals surface area contributed by atoms with Crippen molar-refractivity contribution in [3.8, 4) is 0 Å². The predicted molar refractivity (Wildman–Crippen MR) is 71.9 cm³/mol. The van der Waals surface area contributed by atoms with Gasteiger partial charge >= 0.3 is 5.97 Å². The summed E-state index contributed by atoms with van der Waals surface area (Å²) in [6, 6.07) is 3.33. The molecule has 6 nitrogen and oxygen atoms in total. The zero-order valence-corrected chi connectivity index (χ0v) is 10.4. The smallest absolute Gasteiger partial charge is 0.337 e. The first-order valence-corrected chi connectivity index (χ1v) is 5.70. The van der Waals surface area contributed by atoms with E-state index in [2.05, 4.69) is 15.3 Å². The molecule has 0 atom stereocenters. The summed E-state index contributed by atoms with van der Waals surface area (Å²) in [6.07, 6.45) is 4.82. The average Bonchev–Trinajstić information content (AvgIpc) is 2.39. The molecule has 19 heavy (non-hydrogen) atoms. The molecule has 0 fully saturated rings. The number of nitrogens with one attached hydrogen (secondary N) is 1. The Morgan fingerprint density at radius 3 is 2.95 bits per heavy atom. The summed E-state index contributed by atoms with van der Waals surface area (Å²) in [5.74, 6) is -0.592. The van der Waals surface area contributed by atoms with Crippen molar-refractivity contribution < 1.29 is 9.90 Å². The SMILES string of the molecule is Cc1cnccc1CNc1cc(C(=O)O)c(N)cn1. The third-order valence-electron chi connectivity index (χ3n) is 2.76. The first-order valence-electron chi connectivity index (χ1n) is 5.70. The highest BCUT2D eigenvalue weighted by Crippen LogP contribution is 2.16. The van der Waals surface area contributed by atoms with E-state index in [4.69, 9.17) is 10.8 Å². The van der Waals surface area contributed by atoms with E-state index >= 15 is 0 Å². The number of anilines is 2. The van der Waals surface area contributed by atoms with Crippen molar-refractivity contribution in [3.05, 3.63) is 47.4 Å². The van der Waals surface area contributed by atoms with Crippen LogP contribution in [0.4, 0.5) is 11.5 Å². The minimum Gasteiger partial charge on any atom is -0.478 e. The van der Waals surface area contributed by atoms with Gasteiger partial charge in [0.25, 0.3) is 0 Å². The summed E-state index contributed by atoms with van der Waals surface area (Å²) in [7, 11) is 0. The standard InChI is InChI=1S/C13H14N4O2/c1-8-5-15-3-2-9(8)6-16-12-4-10(13(18)19)11(14)7-17-12/h2-5,7H,6,14H2,1H3,(H,16,17)(H,18,19). The van der Waals surface area contributed by atoms with Crippen molar-refractivity contribution in [1.82, 2.24) is 9.97 Å². The number of hydrogen-bond acceptors (Lipinski definition) is 5. The molecule has 0 bridgehead atoms. The van der Waals surface area contributed by atoms with Gasteiger partial charge in [0.2, 0.25) is 0 Å². The monoisotopic (exact) mass is 258 g/mol. The Morgan fingerprint density at radius 2 is 2.26 bits per heavy atom. The van der Waals surface area contributed by atoms with Crippen LogP contribution >= 0.6 is 0 Å². The van der Waals surface area contributed by atoms with Crippen LogP contribution in [0.3, 0.4) is 0 Å². The van der Waals surface area contributed by atoms with Crippen LogP contribution in [0.15, 0.2) is 30.7 Å². The zero-order valence-electron chi connectivity index (χ0n) is 10.4. The van der Waals surface area contributed by atoms with Gasteiger partial charge < -0.3 is 16.2 Å². The first-order chi connectivity index (χ1) is 9.08. The van der Waals surface area contributed by atoms with E-state index in [1.54, 1.807) is 12.4 Å². The molecule has 0 unspecified atom stereocenters. The molecule has 0 spiro atoms. The van der Waals surface area contributed by atoms with Gasteiger partial charge in [0, 0.05) is 18.9 Å². The summed E-state index contributed by atoms with van der Waals surface area (Å²) < 4.78 is 0. The lowest BCUT2D eigenvalue weighted by Crippen LogP contribution is -2.07. The molecule has 2 aromatic rings. The fourth-order valence-corrected chi connectivity index (χ4v) is 1.63. The lowest BCUT2D eigenvalue weighted by atomic mass is 10.1. The molecule has 0 saturated heterocycles. The van der Waals surface area contributed by atoms with Crippen molar-refractivity contribution >= 4 is 17.5 Å². The molecule has 0 aliphatic heterocycles. The summed E-state index contributed by atoms with van der Waals surface area (Å²) in [4.78, 5) is 19.0. The lowest BCUT2D eigenvalue weighted by molar-refractivity contribution is 0.0698. The van der Waals surface area contributed by atoms with Crippen molar-refractivity contribution in [3.63, 3.8) is 0 Å². The number of aryl methyl sites for hydroxylation is 1. The predicted octanol–water partition coefficient (Wildman–Crippen LogP) is 1.68. The van der Waals surface area contributed by atoms with Crippen molar-refractivity contribution in [2.45, 2.75) is 13.5 Å².